The van der Waals surface area contributed by atoms with Gasteiger partial charge in [-0.3, -0.25) is 0 Å². The molecule has 0 bridgehead atoms. The van der Waals surface area contributed by atoms with Crippen LogP contribution in [0.1, 0.15) is 13.8 Å². The van der Waals surface area contributed by atoms with Gasteiger partial charge in [0.15, 0.2) is 0 Å². The summed E-state index contributed by atoms with van der Waals surface area (Å²) in [6.07, 6.45) is -2.69. The number of aliphatic hydroxyl groups is 2. The van der Waals surface area contributed by atoms with Gasteiger partial charge in [-0.2, -0.15) is 0 Å². The molecule has 0 saturated heterocycles. The minimum absolute atomic E-state index is 0.130. The van der Waals surface area contributed by atoms with E-state index in [1.165, 1.54) is 13.8 Å². The molecule has 26 heavy (non-hydrogen) atoms. The molecular weight excluding hydrogens is 352 g/mol. The van der Waals surface area contributed by atoms with Gasteiger partial charge in [0.2, 0.25) is 0 Å². The lowest BCUT2D eigenvalue weighted by molar-refractivity contribution is -0.172. The highest BCUT2D eigenvalue weighted by Gasteiger charge is 2.21. The molecule has 0 aliphatic carbocycles. The first-order valence-corrected chi connectivity index (χ1v) is 7.39. The van der Waals surface area contributed by atoms with E-state index < -0.39 is 62.5 Å². The summed E-state index contributed by atoms with van der Waals surface area (Å²) in [5.74, 6) is -4.28. The van der Waals surface area contributed by atoms with E-state index in [1.807, 2.05) is 0 Å². The SMILES string of the molecule is C=C(C)C(=O)OCC(O)COC(=O)C(=O)OCC(O)COC(=O)C(=C)C. The van der Waals surface area contributed by atoms with Crippen molar-refractivity contribution in [3.8, 4) is 0 Å². The van der Waals surface area contributed by atoms with E-state index in [9.17, 15) is 29.4 Å². The highest BCUT2D eigenvalue weighted by Crippen LogP contribution is 1.98. The maximum absolute atomic E-state index is 11.4. The van der Waals surface area contributed by atoms with Gasteiger partial charge >= 0.3 is 23.9 Å². The van der Waals surface area contributed by atoms with E-state index in [0.717, 1.165) is 0 Å². The summed E-state index contributed by atoms with van der Waals surface area (Å²) in [5, 5.41) is 18.9. The number of hydrogen-bond donors (Lipinski definition) is 2. The number of aliphatic hydroxyl groups excluding tert-OH is 2. The fraction of sp³-hybridized carbons (Fsp3) is 0.500. The highest BCUT2D eigenvalue weighted by atomic mass is 16.6. The summed E-state index contributed by atoms with van der Waals surface area (Å²) in [6, 6.07) is 0. The average molecular weight is 374 g/mol. The van der Waals surface area contributed by atoms with Crippen LogP contribution in [0.15, 0.2) is 24.3 Å². The van der Waals surface area contributed by atoms with Crippen molar-refractivity contribution in [2.45, 2.75) is 26.1 Å². The van der Waals surface area contributed by atoms with Crippen molar-refractivity contribution in [1.82, 2.24) is 0 Å². The third kappa shape index (κ3) is 10.2. The second kappa shape index (κ2) is 11.8. The molecule has 0 fully saturated rings. The Morgan fingerprint density at radius 2 is 0.885 bits per heavy atom. The second-order valence-corrected chi connectivity index (χ2v) is 5.26. The molecule has 0 aliphatic rings. The molecule has 2 N–H and O–H groups in total. The highest BCUT2D eigenvalue weighted by molar-refractivity contribution is 6.29. The quantitative estimate of drug-likeness (QED) is 0.212. The Hall–Kier alpha value is -2.72. The first-order chi connectivity index (χ1) is 12.0. The zero-order valence-corrected chi connectivity index (χ0v) is 14.6. The Labute approximate surface area is 150 Å². The number of rotatable bonds is 10. The van der Waals surface area contributed by atoms with E-state index in [2.05, 4.69) is 32.1 Å². The van der Waals surface area contributed by atoms with E-state index in [1.54, 1.807) is 0 Å². The molecule has 0 aromatic rings. The fourth-order valence-corrected chi connectivity index (χ4v) is 1.15. The minimum atomic E-state index is -1.42. The van der Waals surface area contributed by atoms with Gasteiger partial charge < -0.3 is 29.2 Å². The van der Waals surface area contributed by atoms with Crippen LogP contribution in [0.4, 0.5) is 0 Å². The molecule has 0 saturated carbocycles. The Morgan fingerprint density at radius 1 is 0.654 bits per heavy atom. The van der Waals surface area contributed by atoms with Crippen LogP contribution in [0.25, 0.3) is 0 Å². The monoisotopic (exact) mass is 374 g/mol. The molecule has 0 aromatic carbocycles. The Morgan fingerprint density at radius 3 is 1.12 bits per heavy atom. The maximum Gasteiger partial charge on any atom is 0.417 e. The van der Waals surface area contributed by atoms with E-state index in [4.69, 9.17) is 0 Å². The van der Waals surface area contributed by atoms with Gasteiger partial charge in [-0.1, -0.05) is 13.2 Å². The fourth-order valence-electron chi connectivity index (χ4n) is 1.15. The molecule has 146 valence electrons. The first-order valence-electron chi connectivity index (χ1n) is 7.39. The number of carbonyl (C=O) groups is 4. The van der Waals surface area contributed by atoms with Crippen molar-refractivity contribution in [2.75, 3.05) is 26.4 Å². The zero-order valence-electron chi connectivity index (χ0n) is 14.6. The van der Waals surface area contributed by atoms with Crippen LogP contribution in [-0.2, 0) is 38.1 Å². The lowest BCUT2D eigenvalue weighted by Gasteiger charge is -2.13. The van der Waals surface area contributed by atoms with Gasteiger partial charge in [0.25, 0.3) is 0 Å². The lowest BCUT2D eigenvalue weighted by Crippen LogP contribution is -2.31. The van der Waals surface area contributed by atoms with Crippen LogP contribution < -0.4 is 0 Å². The summed E-state index contributed by atoms with van der Waals surface area (Å²) in [6.45, 7) is 7.37. The summed E-state index contributed by atoms with van der Waals surface area (Å²) in [7, 11) is 0. The van der Waals surface area contributed by atoms with Crippen LogP contribution in [0.3, 0.4) is 0 Å². The first kappa shape index (κ1) is 23.3. The van der Waals surface area contributed by atoms with Gasteiger partial charge in [0, 0.05) is 11.1 Å². The molecule has 0 spiro atoms. The maximum atomic E-state index is 11.4. The van der Waals surface area contributed by atoms with E-state index >= 15 is 0 Å². The van der Waals surface area contributed by atoms with Crippen molar-refractivity contribution < 1.29 is 48.3 Å². The molecule has 0 rings (SSSR count). The Kier molecular flexibility index (Phi) is 10.5. The topological polar surface area (TPSA) is 146 Å². The molecular formula is C16H22O10. The van der Waals surface area contributed by atoms with Crippen molar-refractivity contribution in [1.29, 1.82) is 0 Å². The number of esters is 4. The van der Waals surface area contributed by atoms with Crippen molar-refractivity contribution >= 4 is 23.9 Å². The molecule has 0 amide bonds. The molecule has 0 aliphatic heterocycles. The number of ether oxygens (including phenoxy) is 4. The number of hydrogen-bond acceptors (Lipinski definition) is 10. The Bertz CT molecular complexity index is 515. The largest absolute Gasteiger partial charge is 0.459 e. The summed E-state index contributed by atoms with van der Waals surface area (Å²) >= 11 is 0. The normalized spacial score (nSPS) is 12.3. The summed E-state index contributed by atoms with van der Waals surface area (Å²) in [4.78, 5) is 44.9. The van der Waals surface area contributed by atoms with Crippen molar-refractivity contribution in [3.63, 3.8) is 0 Å². The van der Waals surface area contributed by atoms with Crippen LogP contribution >= 0.6 is 0 Å². The van der Waals surface area contributed by atoms with Crippen LogP contribution in [0, 0.1) is 0 Å². The number of carbonyl (C=O) groups excluding carboxylic acids is 4. The molecule has 0 aromatic heterocycles. The summed E-state index contributed by atoms with van der Waals surface area (Å²) in [5.41, 5.74) is 0.260. The lowest BCUT2D eigenvalue weighted by atomic mass is 10.3. The minimum Gasteiger partial charge on any atom is -0.459 e. The van der Waals surface area contributed by atoms with Gasteiger partial charge in [0.1, 0.15) is 38.6 Å². The zero-order chi connectivity index (χ0) is 20.3. The molecule has 2 unspecified atom stereocenters. The van der Waals surface area contributed by atoms with Gasteiger partial charge in [0.05, 0.1) is 0 Å². The second-order valence-electron chi connectivity index (χ2n) is 5.26. The smallest absolute Gasteiger partial charge is 0.417 e. The predicted octanol–water partition coefficient (Wildman–Crippen LogP) is -0.967. The molecule has 0 radical (unpaired) electrons. The average Bonchev–Trinajstić information content (AvgIpc) is 2.59. The third-order valence-corrected chi connectivity index (χ3v) is 2.49. The Balaban J connectivity index is 4.03. The molecule has 2 atom stereocenters. The van der Waals surface area contributed by atoms with Gasteiger partial charge in [-0.25, -0.2) is 19.2 Å². The molecule has 10 heteroatoms. The standard InChI is InChI=1S/C16H22O10/c1-9(2)13(19)23-5-11(17)7-25-15(21)16(22)26-8-12(18)6-24-14(20)10(3)4/h11-12,17-18H,1,3,5-8H2,2,4H3. The summed E-state index contributed by atoms with van der Waals surface area (Å²) < 4.78 is 18.2. The van der Waals surface area contributed by atoms with E-state index in [-0.39, 0.29) is 11.1 Å². The van der Waals surface area contributed by atoms with Crippen molar-refractivity contribution in [2.24, 2.45) is 0 Å². The van der Waals surface area contributed by atoms with Gasteiger partial charge in [-0.05, 0) is 13.8 Å². The van der Waals surface area contributed by atoms with E-state index in [0.29, 0.717) is 0 Å². The predicted molar refractivity (Wildman–Crippen MR) is 85.5 cm³/mol. The van der Waals surface area contributed by atoms with Crippen LogP contribution in [-0.4, -0.2) is 72.7 Å². The van der Waals surface area contributed by atoms with Crippen LogP contribution in [0.5, 0.6) is 0 Å². The van der Waals surface area contributed by atoms with Crippen molar-refractivity contribution in [3.05, 3.63) is 24.3 Å². The molecule has 10 nitrogen and oxygen atoms in total. The van der Waals surface area contributed by atoms with Crippen LogP contribution in [0.2, 0.25) is 0 Å². The molecule has 0 heterocycles. The van der Waals surface area contributed by atoms with Gasteiger partial charge in [-0.15, -0.1) is 0 Å². The third-order valence-electron chi connectivity index (χ3n) is 2.49.